The minimum Gasteiger partial charge on any atom is -0.461 e. The van der Waals surface area contributed by atoms with Gasteiger partial charge in [0.05, 0.1) is 5.56 Å². The number of ether oxygens (including phenoxy) is 1. The van der Waals surface area contributed by atoms with Gasteiger partial charge in [0.2, 0.25) is 0 Å². The number of rotatable bonds is 5. The van der Waals surface area contributed by atoms with Crippen LogP contribution in [-0.2, 0) is 13.0 Å². The second-order valence-corrected chi connectivity index (χ2v) is 10.1. The second-order valence-electron chi connectivity index (χ2n) is 10.1. The summed E-state index contributed by atoms with van der Waals surface area (Å²) in [6.07, 6.45) is 13.2. The van der Waals surface area contributed by atoms with Gasteiger partial charge in [0.15, 0.2) is 5.82 Å². The third-order valence-electron chi connectivity index (χ3n) is 8.38. The van der Waals surface area contributed by atoms with Crippen LogP contribution in [0.4, 0.5) is 5.82 Å². The Kier molecular flexibility index (Phi) is 3.80. The summed E-state index contributed by atoms with van der Waals surface area (Å²) in [5.41, 5.74) is 2.47. The molecule has 0 saturated heterocycles. The fourth-order valence-corrected chi connectivity index (χ4v) is 7.37. The summed E-state index contributed by atoms with van der Waals surface area (Å²) in [6, 6.07) is 0.511. The maximum absolute atomic E-state index is 13.3. The van der Waals surface area contributed by atoms with Gasteiger partial charge in [0, 0.05) is 24.1 Å². The maximum Gasteiger partial charge on any atom is 0.301 e. The largest absolute Gasteiger partial charge is 0.461 e. The molecule has 0 N–H and O–H groups in total. The molecule has 0 spiro atoms. The molecule has 2 unspecified atom stereocenters. The first-order valence-electron chi connectivity index (χ1n) is 11.5. The number of hydrogen-bond acceptors (Lipinski definition) is 4. The van der Waals surface area contributed by atoms with Crippen molar-refractivity contribution in [2.24, 2.45) is 28.2 Å². The average molecular weight is 382 g/mol. The van der Waals surface area contributed by atoms with Gasteiger partial charge >= 0.3 is 6.01 Å². The monoisotopic (exact) mass is 381 g/mol. The molecule has 5 heteroatoms. The van der Waals surface area contributed by atoms with Crippen molar-refractivity contribution in [1.82, 2.24) is 9.55 Å². The summed E-state index contributed by atoms with van der Waals surface area (Å²) in [4.78, 5) is 23.2. The van der Waals surface area contributed by atoms with Crippen LogP contribution in [0.2, 0.25) is 0 Å². The zero-order valence-corrected chi connectivity index (χ0v) is 17.0. The molecule has 150 valence electrons. The molecule has 5 fully saturated rings. The highest BCUT2D eigenvalue weighted by molar-refractivity contribution is 5.98. The van der Waals surface area contributed by atoms with Crippen molar-refractivity contribution in [3.63, 3.8) is 0 Å². The van der Waals surface area contributed by atoms with E-state index in [9.17, 15) is 4.79 Å². The molecule has 28 heavy (non-hydrogen) atoms. The molecular formula is C23H31N3O2. The van der Waals surface area contributed by atoms with Gasteiger partial charge in [-0.2, -0.15) is 4.98 Å². The van der Waals surface area contributed by atoms with Crippen molar-refractivity contribution in [1.29, 1.82) is 0 Å². The van der Waals surface area contributed by atoms with E-state index in [0.29, 0.717) is 18.4 Å². The van der Waals surface area contributed by atoms with Gasteiger partial charge in [0.1, 0.15) is 6.10 Å². The minimum absolute atomic E-state index is 0.0905. The van der Waals surface area contributed by atoms with Crippen LogP contribution in [0.1, 0.15) is 76.7 Å². The second kappa shape index (κ2) is 6.17. The van der Waals surface area contributed by atoms with Gasteiger partial charge in [-0.3, -0.25) is 9.36 Å². The van der Waals surface area contributed by atoms with Crippen molar-refractivity contribution in [2.45, 2.75) is 90.2 Å². The van der Waals surface area contributed by atoms with E-state index in [0.717, 1.165) is 49.0 Å². The maximum atomic E-state index is 13.3. The lowest BCUT2D eigenvalue weighted by molar-refractivity contribution is 0.179. The summed E-state index contributed by atoms with van der Waals surface area (Å²) in [7, 11) is 0. The predicted molar refractivity (Wildman–Crippen MR) is 108 cm³/mol. The molecule has 1 aromatic rings. The molecule has 7 rings (SSSR count). The Morgan fingerprint density at radius 3 is 2.61 bits per heavy atom. The zero-order chi connectivity index (χ0) is 18.9. The topological polar surface area (TPSA) is 56.5 Å². The third kappa shape index (κ3) is 2.40. The highest BCUT2D eigenvalue weighted by Crippen LogP contribution is 2.66. The number of nitrogens with zero attached hydrogens (tertiary/aromatic N) is 3. The first-order chi connectivity index (χ1) is 13.7. The molecule has 0 aromatic carbocycles. The van der Waals surface area contributed by atoms with E-state index in [2.05, 4.69) is 6.92 Å². The van der Waals surface area contributed by atoms with Crippen LogP contribution >= 0.6 is 0 Å². The quantitative estimate of drug-likeness (QED) is 0.758. The van der Waals surface area contributed by atoms with E-state index in [1.807, 2.05) is 0 Å². The Bertz CT molecular complexity index is 882. The van der Waals surface area contributed by atoms with Gasteiger partial charge in [-0.1, -0.05) is 6.92 Å². The van der Waals surface area contributed by atoms with Crippen molar-refractivity contribution in [3.05, 3.63) is 15.9 Å². The van der Waals surface area contributed by atoms with E-state index in [-0.39, 0.29) is 17.1 Å². The van der Waals surface area contributed by atoms with Crippen LogP contribution in [0.15, 0.2) is 9.79 Å². The molecule has 2 heterocycles. The molecule has 1 aromatic heterocycles. The molecule has 1 aliphatic heterocycles. The highest BCUT2D eigenvalue weighted by atomic mass is 16.5. The molecule has 5 saturated carbocycles. The standard InChI is InChI=1S/C23H31N3O2/c1-2-7-26-21(27)18-11-19(23-12-14-8-15(13-23)10-16(23)9-14)24-20(18)25-22(26)28-17-5-3-4-6-17/h14-17H,2-13H2,1H3. The van der Waals surface area contributed by atoms with Gasteiger partial charge in [-0.25, -0.2) is 4.99 Å². The van der Waals surface area contributed by atoms with Crippen LogP contribution in [0.25, 0.3) is 0 Å². The first kappa shape index (κ1) is 17.2. The SMILES string of the molecule is CCCn1c(OC2CCCC2)nc2c(c1=O)CC(C13CC4CC(CC1C4)C3)=N2. The van der Waals surface area contributed by atoms with Crippen LogP contribution in [-0.4, -0.2) is 21.4 Å². The fourth-order valence-electron chi connectivity index (χ4n) is 7.37. The Balaban J connectivity index is 1.37. The summed E-state index contributed by atoms with van der Waals surface area (Å²) >= 11 is 0. The Morgan fingerprint density at radius 1 is 1.14 bits per heavy atom. The van der Waals surface area contributed by atoms with Crippen molar-refractivity contribution in [2.75, 3.05) is 0 Å². The Morgan fingerprint density at radius 2 is 1.89 bits per heavy atom. The molecule has 2 atom stereocenters. The summed E-state index contributed by atoms with van der Waals surface area (Å²) in [5.74, 6) is 3.27. The van der Waals surface area contributed by atoms with E-state index >= 15 is 0 Å². The third-order valence-corrected chi connectivity index (χ3v) is 8.38. The highest BCUT2D eigenvalue weighted by Gasteiger charge is 2.60. The lowest BCUT2D eigenvalue weighted by Crippen LogP contribution is -2.34. The fraction of sp³-hybridized carbons (Fsp3) is 0.783. The van der Waals surface area contributed by atoms with Gasteiger partial charge in [-0.15, -0.1) is 0 Å². The number of aromatic nitrogens is 2. The zero-order valence-electron chi connectivity index (χ0n) is 17.0. The van der Waals surface area contributed by atoms with Gasteiger partial charge < -0.3 is 4.74 Å². The van der Waals surface area contributed by atoms with E-state index in [4.69, 9.17) is 14.7 Å². The lowest BCUT2D eigenvalue weighted by atomic mass is 9.71. The molecule has 6 aliphatic rings. The minimum atomic E-state index is 0.0905. The molecule has 0 radical (unpaired) electrons. The predicted octanol–water partition coefficient (Wildman–Crippen LogP) is 4.43. The van der Waals surface area contributed by atoms with E-state index in [1.165, 1.54) is 50.7 Å². The van der Waals surface area contributed by atoms with Crippen LogP contribution in [0, 0.1) is 23.2 Å². The molecular weight excluding hydrogens is 350 g/mol. The Labute approximate surface area is 166 Å². The van der Waals surface area contributed by atoms with Crippen LogP contribution in [0.5, 0.6) is 6.01 Å². The van der Waals surface area contributed by atoms with Crippen LogP contribution in [0.3, 0.4) is 0 Å². The molecule has 5 aliphatic carbocycles. The lowest BCUT2D eigenvalue weighted by Gasteiger charge is -2.33. The molecule has 5 nitrogen and oxygen atoms in total. The number of hydrogen-bond donors (Lipinski definition) is 0. The first-order valence-corrected chi connectivity index (χ1v) is 11.5. The summed E-state index contributed by atoms with van der Waals surface area (Å²) in [5, 5.41) is 0. The number of fused-ring (bicyclic) bond motifs is 1. The normalized spacial score (nSPS) is 35.6. The van der Waals surface area contributed by atoms with Gasteiger partial charge in [0.25, 0.3) is 5.56 Å². The van der Waals surface area contributed by atoms with E-state index in [1.54, 1.807) is 4.57 Å². The molecule has 4 bridgehead atoms. The van der Waals surface area contributed by atoms with Crippen LogP contribution < -0.4 is 10.3 Å². The number of aliphatic imine (C=N–C) groups is 1. The summed E-state index contributed by atoms with van der Waals surface area (Å²) < 4.78 is 8.00. The van der Waals surface area contributed by atoms with Crippen molar-refractivity contribution >= 4 is 11.5 Å². The van der Waals surface area contributed by atoms with Crippen molar-refractivity contribution in [3.8, 4) is 6.01 Å². The Hall–Kier alpha value is -1.65. The molecule has 0 amide bonds. The van der Waals surface area contributed by atoms with Crippen molar-refractivity contribution < 1.29 is 4.74 Å². The van der Waals surface area contributed by atoms with Gasteiger partial charge in [-0.05, 0) is 82.0 Å². The summed E-state index contributed by atoms with van der Waals surface area (Å²) in [6.45, 7) is 2.78. The average Bonchev–Trinajstić information content (AvgIpc) is 3.42. The van der Waals surface area contributed by atoms with E-state index < -0.39 is 0 Å². The smallest absolute Gasteiger partial charge is 0.301 e.